The topological polar surface area (TPSA) is 46.5 Å². The Hall–Kier alpha value is -0.830. The van der Waals surface area contributed by atoms with Gasteiger partial charge in [-0.1, -0.05) is 218 Å². The van der Waals surface area contributed by atoms with Crippen molar-refractivity contribution >= 4 is 5.97 Å². The van der Waals surface area contributed by atoms with E-state index in [4.69, 9.17) is 9.84 Å². The second-order valence-corrected chi connectivity index (χ2v) is 15.1. The van der Waals surface area contributed by atoms with E-state index < -0.39 is 0 Å². The van der Waals surface area contributed by atoms with Crippen molar-refractivity contribution in [1.82, 2.24) is 0 Å². The molecule has 0 aromatic carbocycles. The molecule has 0 atom stereocenters. The number of hydrogen-bond acceptors (Lipinski definition) is 3. The highest BCUT2D eigenvalue weighted by Crippen LogP contribution is 2.16. The van der Waals surface area contributed by atoms with E-state index in [1.165, 1.54) is 225 Å². The highest BCUT2D eigenvalue weighted by atomic mass is 16.5. The number of carbonyl (C=O) groups excluding carboxylic acids is 1. The zero-order chi connectivity index (χ0) is 34.7. The van der Waals surface area contributed by atoms with Gasteiger partial charge in [-0.3, -0.25) is 4.79 Å². The van der Waals surface area contributed by atoms with E-state index in [-0.39, 0.29) is 5.97 Å². The Balaban J connectivity index is 3.16. The smallest absolute Gasteiger partial charge is 0.305 e. The predicted molar refractivity (Wildman–Crippen MR) is 213 cm³/mol. The Morgan fingerprint density at radius 3 is 1.04 bits per heavy atom. The first-order valence-corrected chi connectivity index (χ1v) is 22.2. The zero-order valence-corrected chi connectivity index (χ0v) is 32.9. The average Bonchev–Trinajstić information content (AvgIpc) is 3.09. The van der Waals surface area contributed by atoms with Crippen molar-refractivity contribution < 1.29 is 14.6 Å². The molecule has 0 amide bonds. The molecule has 3 nitrogen and oxygen atoms in total. The van der Waals surface area contributed by atoms with Gasteiger partial charge < -0.3 is 9.84 Å². The third-order valence-electron chi connectivity index (χ3n) is 10.2. The summed E-state index contributed by atoms with van der Waals surface area (Å²) in [5.41, 5.74) is 0. The van der Waals surface area contributed by atoms with Gasteiger partial charge in [0.15, 0.2) is 0 Å². The number of carbonyl (C=O) groups is 1. The van der Waals surface area contributed by atoms with Gasteiger partial charge in [0.2, 0.25) is 0 Å². The Kier molecular flexibility index (Phi) is 43.4. The minimum Gasteiger partial charge on any atom is -0.466 e. The largest absolute Gasteiger partial charge is 0.466 e. The third kappa shape index (κ3) is 43.2. The van der Waals surface area contributed by atoms with Crippen LogP contribution in [-0.4, -0.2) is 24.3 Å². The summed E-state index contributed by atoms with van der Waals surface area (Å²) in [4.78, 5) is 12.0. The fourth-order valence-corrected chi connectivity index (χ4v) is 6.88. The van der Waals surface area contributed by atoms with Gasteiger partial charge in [0.05, 0.1) is 6.61 Å². The molecule has 0 aliphatic rings. The molecule has 0 saturated heterocycles. The van der Waals surface area contributed by atoms with Crippen LogP contribution in [0.25, 0.3) is 0 Å². The molecule has 0 saturated carbocycles. The summed E-state index contributed by atoms with van der Waals surface area (Å²) in [5.74, 6) is 0.0197. The lowest BCUT2D eigenvalue weighted by atomic mass is 10.0. The van der Waals surface area contributed by atoms with Crippen LogP contribution in [0.5, 0.6) is 0 Å². The molecule has 0 spiro atoms. The Morgan fingerprint density at radius 2 is 0.688 bits per heavy atom. The van der Waals surface area contributed by atoms with Crippen LogP contribution in [0.15, 0.2) is 12.2 Å². The monoisotopic (exact) mass is 677 g/mol. The number of esters is 1. The van der Waals surface area contributed by atoms with Crippen LogP contribution in [0.3, 0.4) is 0 Å². The first kappa shape index (κ1) is 47.2. The number of allylic oxidation sites excluding steroid dienone is 2. The molecule has 0 unspecified atom stereocenters. The Morgan fingerprint density at radius 1 is 0.396 bits per heavy atom. The summed E-state index contributed by atoms with van der Waals surface area (Å²) in [6.07, 6.45) is 56.1. The van der Waals surface area contributed by atoms with Crippen molar-refractivity contribution in [3.8, 4) is 0 Å². The Labute approximate surface area is 302 Å². The summed E-state index contributed by atoms with van der Waals surface area (Å²) in [6, 6.07) is 0. The molecule has 0 rings (SSSR count). The van der Waals surface area contributed by atoms with Gasteiger partial charge in [-0.2, -0.15) is 0 Å². The lowest BCUT2D eigenvalue weighted by Crippen LogP contribution is -2.05. The van der Waals surface area contributed by atoms with Crippen LogP contribution in [0.2, 0.25) is 0 Å². The maximum absolute atomic E-state index is 12.0. The minimum atomic E-state index is 0.0197. The first-order valence-electron chi connectivity index (χ1n) is 22.2. The van der Waals surface area contributed by atoms with Crippen molar-refractivity contribution in [2.24, 2.45) is 0 Å². The number of aliphatic hydroxyl groups excluding tert-OH is 1. The van der Waals surface area contributed by atoms with Crippen molar-refractivity contribution in [3.05, 3.63) is 12.2 Å². The van der Waals surface area contributed by atoms with E-state index in [1.54, 1.807) is 0 Å². The molecule has 0 bridgehead atoms. The van der Waals surface area contributed by atoms with Gasteiger partial charge >= 0.3 is 5.97 Å². The normalized spacial score (nSPS) is 11.6. The fourth-order valence-electron chi connectivity index (χ4n) is 6.88. The maximum Gasteiger partial charge on any atom is 0.305 e. The molecule has 48 heavy (non-hydrogen) atoms. The SMILES string of the molecule is CCCCCCCCC=CCCCCCCCCCC(=O)OCCCCCCCCCCCCCCCCCCCCCCCCCO. The molecular formula is C45H88O3. The van der Waals surface area contributed by atoms with E-state index in [0.717, 1.165) is 19.3 Å². The van der Waals surface area contributed by atoms with E-state index in [9.17, 15) is 4.79 Å². The molecule has 0 radical (unpaired) electrons. The molecule has 0 aromatic heterocycles. The summed E-state index contributed by atoms with van der Waals surface area (Å²) < 4.78 is 5.47. The Bertz CT molecular complexity index is 615. The van der Waals surface area contributed by atoms with Gasteiger partial charge in [0, 0.05) is 13.0 Å². The van der Waals surface area contributed by atoms with Gasteiger partial charge in [-0.25, -0.2) is 0 Å². The third-order valence-corrected chi connectivity index (χ3v) is 10.2. The molecule has 3 heteroatoms. The van der Waals surface area contributed by atoms with Crippen LogP contribution in [0.1, 0.15) is 257 Å². The molecule has 0 aliphatic heterocycles. The van der Waals surface area contributed by atoms with Gasteiger partial charge in [0.1, 0.15) is 0 Å². The van der Waals surface area contributed by atoms with Crippen LogP contribution in [0.4, 0.5) is 0 Å². The standard InChI is InChI=1S/C45H88O3/c1-2-3-4-5-6-7-8-9-10-18-21-24-27-30-33-36-39-42-45(47)48-44-41-38-35-32-29-26-23-20-17-15-13-11-12-14-16-19-22-25-28-31-34-37-40-43-46/h9-10,46H,2-8,11-44H2,1H3. The van der Waals surface area contributed by atoms with Gasteiger partial charge in [-0.15, -0.1) is 0 Å². The van der Waals surface area contributed by atoms with E-state index in [1.807, 2.05) is 0 Å². The second-order valence-electron chi connectivity index (χ2n) is 15.1. The van der Waals surface area contributed by atoms with E-state index in [0.29, 0.717) is 19.6 Å². The molecule has 0 aliphatic carbocycles. The highest BCUT2D eigenvalue weighted by Gasteiger charge is 2.03. The van der Waals surface area contributed by atoms with Gasteiger partial charge in [0.25, 0.3) is 0 Å². The molecular weight excluding hydrogens is 588 g/mol. The van der Waals surface area contributed by atoms with Gasteiger partial charge in [-0.05, 0) is 44.9 Å². The highest BCUT2D eigenvalue weighted by molar-refractivity contribution is 5.69. The fraction of sp³-hybridized carbons (Fsp3) is 0.933. The van der Waals surface area contributed by atoms with Crippen molar-refractivity contribution in [3.63, 3.8) is 0 Å². The number of ether oxygens (including phenoxy) is 1. The minimum absolute atomic E-state index is 0.0197. The molecule has 0 fully saturated rings. The lowest BCUT2D eigenvalue weighted by molar-refractivity contribution is -0.143. The van der Waals surface area contributed by atoms with Crippen LogP contribution < -0.4 is 0 Å². The van der Waals surface area contributed by atoms with Crippen LogP contribution in [-0.2, 0) is 9.53 Å². The molecule has 0 heterocycles. The van der Waals surface area contributed by atoms with Crippen LogP contribution in [0, 0.1) is 0 Å². The van der Waals surface area contributed by atoms with Crippen molar-refractivity contribution in [1.29, 1.82) is 0 Å². The number of rotatable bonds is 42. The second kappa shape index (κ2) is 44.2. The van der Waals surface area contributed by atoms with E-state index in [2.05, 4.69) is 19.1 Å². The summed E-state index contributed by atoms with van der Waals surface area (Å²) in [5, 5.41) is 8.80. The summed E-state index contributed by atoms with van der Waals surface area (Å²) in [7, 11) is 0. The predicted octanol–water partition coefficient (Wildman–Crippen LogP) is 15.3. The quantitative estimate of drug-likeness (QED) is 0.0398. The van der Waals surface area contributed by atoms with Crippen molar-refractivity contribution in [2.75, 3.05) is 13.2 Å². The average molecular weight is 677 g/mol. The molecule has 0 aromatic rings. The van der Waals surface area contributed by atoms with Crippen LogP contribution >= 0.6 is 0 Å². The molecule has 1 N–H and O–H groups in total. The number of unbranched alkanes of at least 4 members (excludes halogenated alkanes) is 35. The number of hydrogen-bond donors (Lipinski definition) is 1. The summed E-state index contributed by atoms with van der Waals surface area (Å²) >= 11 is 0. The first-order chi connectivity index (χ1) is 23.8. The van der Waals surface area contributed by atoms with Crippen molar-refractivity contribution in [2.45, 2.75) is 257 Å². The maximum atomic E-state index is 12.0. The zero-order valence-electron chi connectivity index (χ0n) is 32.9. The number of aliphatic hydroxyl groups is 1. The summed E-state index contributed by atoms with van der Waals surface area (Å²) in [6.45, 7) is 3.27. The van der Waals surface area contributed by atoms with E-state index >= 15 is 0 Å². The molecule has 286 valence electrons. The lowest BCUT2D eigenvalue weighted by Gasteiger charge is -2.06.